The van der Waals surface area contributed by atoms with Crippen molar-refractivity contribution in [1.29, 1.82) is 0 Å². The van der Waals surface area contributed by atoms with Gasteiger partial charge in [0.15, 0.2) is 0 Å². The predicted molar refractivity (Wildman–Crippen MR) is 115 cm³/mol. The second kappa shape index (κ2) is 7.87. The van der Waals surface area contributed by atoms with Crippen molar-refractivity contribution in [2.24, 2.45) is 0 Å². The average Bonchev–Trinajstić information content (AvgIpc) is 3.26. The number of benzene rings is 2. The Kier molecular flexibility index (Phi) is 5.10. The summed E-state index contributed by atoms with van der Waals surface area (Å²) in [5.74, 6) is 0.408. The number of H-pyrrole nitrogens is 1. The van der Waals surface area contributed by atoms with E-state index in [9.17, 15) is 14.4 Å². The molecule has 0 saturated carbocycles. The van der Waals surface area contributed by atoms with E-state index < -0.39 is 11.1 Å². The highest BCUT2D eigenvalue weighted by molar-refractivity contribution is 6.07. The second-order valence-electron chi connectivity index (χ2n) is 7.04. The zero-order valence-corrected chi connectivity index (χ0v) is 16.7. The largest absolute Gasteiger partial charge is 0.467 e. The van der Waals surface area contributed by atoms with Crippen LogP contribution >= 0.6 is 0 Å². The van der Waals surface area contributed by atoms with Gasteiger partial charge < -0.3 is 18.9 Å². The van der Waals surface area contributed by atoms with Crippen LogP contribution in [0.2, 0.25) is 0 Å². The molecule has 0 radical (unpaired) electrons. The zero-order valence-electron chi connectivity index (χ0n) is 16.7. The molecule has 0 unspecified atom stereocenters. The fourth-order valence-corrected chi connectivity index (χ4v) is 3.45. The first-order valence-electron chi connectivity index (χ1n) is 9.65. The molecule has 1 N–H and O–H groups in total. The zero-order chi connectivity index (χ0) is 21.3. The van der Waals surface area contributed by atoms with Gasteiger partial charge in [-0.1, -0.05) is 17.7 Å². The molecule has 0 spiro atoms. The molecule has 0 aliphatic heterocycles. The predicted octanol–water partition coefficient (Wildman–Crippen LogP) is 3.46. The van der Waals surface area contributed by atoms with E-state index in [-0.39, 0.29) is 12.5 Å². The van der Waals surface area contributed by atoms with Crippen molar-refractivity contribution in [3.05, 3.63) is 98.5 Å². The Hall–Kier alpha value is -3.87. The van der Waals surface area contributed by atoms with E-state index in [2.05, 4.69) is 4.98 Å². The summed E-state index contributed by atoms with van der Waals surface area (Å²) in [6.45, 7) is 4.40. The molecule has 2 heterocycles. The van der Waals surface area contributed by atoms with Crippen molar-refractivity contribution >= 4 is 22.6 Å². The number of amides is 1. The van der Waals surface area contributed by atoms with Gasteiger partial charge in [-0.15, -0.1) is 0 Å². The van der Waals surface area contributed by atoms with Crippen molar-refractivity contribution in [2.45, 2.75) is 26.9 Å². The molecule has 1 amide bonds. The van der Waals surface area contributed by atoms with E-state index in [1.54, 1.807) is 42.4 Å². The van der Waals surface area contributed by atoms with Crippen LogP contribution in [0.1, 0.15) is 28.6 Å². The number of aromatic nitrogens is 2. The van der Waals surface area contributed by atoms with Gasteiger partial charge in [-0.05, 0) is 56.3 Å². The topological polar surface area (TPSA) is 88.3 Å². The highest BCUT2D eigenvalue weighted by Gasteiger charge is 2.20. The summed E-state index contributed by atoms with van der Waals surface area (Å²) >= 11 is 0. The lowest BCUT2D eigenvalue weighted by Gasteiger charge is -2.22. The fourth-order valence-electron chi connectivity index (χ4n) is 3.45. The van der Waals surface area contributed by atoms with Crippen LogP contribution in [0.25, 0.3) is 11.0 Å². The third-order valence-corrected chi connectivity index (χ3v) is 5.02. The maximum absolute atomic E-state index is 13.4. The maximum atomic E-state index is 13.4. The third kappa shape index (κ3) is 3.57. The SMILES string of the molecule is CCn1c(=O)c(=O)[nH]c2cc(C(=O)N(Cc3ccco3)c3ccc(C)cc3)ccc21. The number of furan rings is 1. The van der Waals surface area contributed by atoms with Gasteiger partial charge >= 0.3 is 11.1 Å². The minimum Gasteiger partial charge on any atom is -0.467 e. The van der Waals surface area contributed by atoms with Crippen LogP contribution in [-0.2, 0) is 13.1 Å². The Morgan fingerprint density at radius 1 is 1.10 bits per heavy atom. The van der Waals surface area contributed by atoms with E-state index in [0.717, 1.165) is 11.3 Å². The Bertz CT molecular complexity index is 1320. The molecule has 30 heavy (non-hydrogen) atoms. The molecule has 7 heteroatoms. The van der Waals surface area contributed by atoms with Gasteiger partial charge in [0.1, 0.15) is 5.76 Å². The highest BCUT2D eigenvalue weighted by atomic mass is 16.3. The molecular formula is C23H21N3O4. The molecule has 0 aliphatic carbocycles. The first kappa shape index (κ1) is 19.4. The lowest BCUT2D eigenvalue weighted by atomic mass is 10.1. The van der Waals surface area contributed by atoms with Gasteiger partial charge in [0, 0.05) is 17.8 Å². The Balaban J connectivity index is 1.79. The first-order chi connectivity index (χ1) is 14.5. The van der Waals surface area contributed by atoms with Crippen LogP contribution < -0.4 is 16.0 Å². The van der Waals surface area contributed by atoms with Crippen LogP contribution in [0.5, 0.6) is 0 Å². The van der Waals surface area contributed by atoms with Crippen LogP contribution in [0.3, 0.4) is 0 Å². The third-order valence-electron chi connectivity index (χ3n) is 5.02. The molecule has 0 fully saturated rings. The number of nitrogens with zero attached hydrogens (tertiary/aromatic N) is 2. The number of rotatable bonds is 5. The summed E-state index contributed by atoms with van der Waals surface area (Å²) in [6.07, 6.45) is 1.57. The molecule has 4 aromatic rings. The van der Waals surface area contributed by atoms with E-state index in [1.165, 1.54) is 4.57 Å². The van der Waals surface area contributed by atoms with Crippen molar-refractivity contribution < 1.29 is 9.21 Å². The maximum Gasteiger partial charge on any atom is 0.316 e. The van der Waals surface area contributed by atoms with Gasteiger partial charge in [-0.2, -0.15) is 0 Å². The van der Waals surface area contributed by atoms with E-state index in [0.29, 0.717) is 28.9 Å². The number of aromatic amines is 1. The number of aryl methyl sites for hydroxylation is 2. The van der Waals surface area contributed by atoms with Crippen molar-refractivity contribution in [3.63, 3.8) is 0 Å². The Morgan fingerprint density at radius 3 is 2.53 bits per heavy atom. The number of nitrogens with one attached hydrogen (secondary N) is 1. The van der Waals surface area contributed by atoms with Crippen molar-refractivity contribution in [1.82, 2.24) is 9.55 Å². The van der Waals surface area contributed by atoms with Crippen LogP contribution in [0, 0.1) is 6.92 Å². The average molecular weight is 403 g/mol. The number of anilines is 1. The fraction of sp³-hybridized carbons (Fsp3) is 0.174. The van der Waals surface area contributed by atoms with Crippen LogP contribution in [0.15, 0.2) is 74.9 Å². The summed E-state index contributed by atoms with van der Waals surface area (Å²) in [5.41, 5.74) is 1.91. The van der Waals surface area contributed by atoms with Crippen molar-refractivity contribution in [2.75, 3.05) is 4.90 Å². The van der Waals surface area contributed by atoms with E-state index in [4.69, 9.17) is 4.42 Å². The minimum atomic E-state index is -0.708. The smallest absolute Gasteiger partial charge is 0.316 e. The molecule has 2 aromatic heterocycles. The molecule has 2 aromatic carbocycles. The van der Waals surface area contributed by atoms with Crippen LogP contribution in [-0.4, -0.2) is 15.5 Å². The number of hydrogen-bond donors (Lipinski definition) is 1. The summed E-state index contributed by atoms with van der Waals surface area (Å²) < 4.78 is 6.84. The molecule has 0 atom stereocenters. The Labute approximate surface area is 172 Å². The van der Waals surface area contributed by atoms with E-state index >= 15 is 0 Å². The van der Waals surface area contributed by atoms with Crippen molar-refractivity contribution in [3.8, 4) is 0 Å². The van der Waals surface area contributed by atoms with Gasteiger partial charge in [-0.3, -0.25) is 14.4 Å². The summed E-state index contributed by atoms with van der Waals surface area (Å²) in [4.78, 5) is 41.7. The molecule has 7 nitrogen and oxygen atoms in total. The number of carbonyl (C=O) groups is 1. The van der Waals surface area contributed by atoms with Gasteiger partial charge in [0.05, 0.1) is 23.8 Å². The molecular weight excluding hydrogens is 382 g/mol. The minimum absolute atomic E-state index is 0.243. The summed E-state index contributed by atoms with van der Waals surface area (Å²) in [7, 11) is 0. The first-order valence-corrected chi connectivity index (χ1v) is 9.65. The lowest BCUT2D eigenvalue weighted by molar-refractivity contribution is 0.0983. The Morgan fingerprint density at radius 2 is 1.87 bits per heavy atom. The highest BCUT2D eigenvalue weighted by Crippen LogP contribution is 2.22. The van der Waals surface area contributed by atoms with Gasteiger partial charge in [0.2, 0.25) is 0 Å². The number of hydrogen-bond acceptors (Lipinski definition) is 4. The molecule has 152 valence electrons. The van der Waals surface area contributed by atoms with Crippen LogP contribution in [0.4, 0.5) is 5.69 Å². The molecule has 0 saturated heterocycles. The normalized spacial score (nSPS) is 11.0. The quantitative estimate of drug-likeness (QED) is 0.517. The van der Waals surface area contributed by atoms with E-state index in [1.807, 2.05) is 37.3 Å². The molecule has 0 aliphatic rings. The second-order valence-corrected chi connectivity index (χ2v) is 7.04. The number of carbonyl (C=O) groups excluding carboxylic acids is 1. The summed E-state index contributed by atoms with van der Waals surface area (Å²) in [6, 6.07) is 16.2. The molecule has 4 rings (SSSR count). The lowest BCUT2D eigenvalue weighted by Crippen LogP contribution is -2.36. The van der Waals surface area contributed by atoms with Gasteiger partial charge in [0.25, 0.3) is 5.91 Å². The number of fused-ring (bicyclic) bond motifs is 1. The summed E-state index contributed by atoms with van der Waals surface area (Å²) in [5, 5.41) is 0. The monoisotopic (exact) mass is 403 g/mol. The van der Waals surface area contributed by atoms with Gasteiger partial charge in [-0.25, -0.2) is 0 Å². The standard InChI is InChI=1S/C23H21N3O4/c1-3-25-20-11-8-16(13-19(20)24-21(27)23(25)29)22(28)26(14-18-5-4-12-30-18)17-9-6-15(2)7-10-17/h4-13H,3,14H2,1-2H3,(H,24,27). The molecule has 0 bridgehead atoms.